The zero-order valence-electron chi connectivity index (χ0n) is 30.4. The van der Waals surface area contributed by atoms with Crippen molar-refractivity contribution < 1.29 is 43.0 Å². The second-order valence-electron chi connectivity index (χ2n) is 13.7. The summed E-state index contributed by atoms with van der Waals surface area (Å²) in [6, 6.07) is 14.2. The van der Waals surface area contributed by atoms with E-state index >= 15 is 0 Å². The molecule has 2 aliphatic rings. The molecule has 3 aromatic rings. The van der Waals surface area contributed by atoms with Crippen molar-refractivity contribution in [2.24, 2.45) is 16.5 Å². The number of hydrogen-bond acceptors (Lipinski definition) is 13. The average Bonchev–Trinajstić information content (AvgIpc) is 3.59. The van der Waals surface area contributed by atoms with Gasteiger partial charge in [-0.3, -0.25) is 14.5 Å². The number of nitrogens with zero attached hydrogens (tertiary/aromatic N) is 3. The van der Waals surface area contributed by atoms with Crippen LogP contribution in [-0.4, -0.2) is 76.6 Å². The third-order valence-electron chi connectivity index (χ3n) is 8.44. The number of carbonyl (C=O) groups is 4. The van der Waals surface area contributed by atoms with Gasteiger partial charge in [-0.25, -0.2) is 14.6 Å². The number of halogens is 1. The van der Waals surface area contributed by atoms with Crippen molar-refractivity contribution in [2.75, 3.05) is 25.9 Å². The van der Waals surface area contributed by atoms with Gasteiger partial charge in [0, 0.05) is 29.9 Å². The molecule has 1 fully saturated rings. The molecule has 2 aromatic carbocycles. The summed E-state index contributed by atoms with van der Waals surface area (Å²) in [5, 5.41) is 6.08. The van der Waals surface area contributed by atoms with Crippen LogP contribution in [-0.2, 0) is 46.7 Å². The molecule has 0 saturated carbocycles. The van der Waals surface area contributed by atoms with Crippen molar-refractivity contribution in [2.45, 2.75) is 65.2 Å². The van der Waals surface area contributed by atoms with Gasteiger partial charge in [0.15, 0.2) is 11.5 Å². The van der Waals surface area contributed by atoms with Gasteiger partial charge in [-0.15, -0.1) is 34.7 Å². The van der Waals surface area contributed by atoms with Crippen LogP contribution in [0.4, 0.5) is 0 Å². The minimum absolute atomic E-state index is 0.00382. The number of benzene rings is 2. The maximum absolute atomic E-state index is 14.0. The lowest BCUT2D eigenvalue weighted by Gasteiger charge is -2.49. The first-order valence-electron chi connectivity index (χ1n) is 16.8. The van der Waals surface area contributed by atoms with Gasteiger partial charge in [-0.2, -0.15) is 0 Å². The van der Waals surface area contributed by atoms with E-state index in [0.717, 1.165) is 11.1 Å². The minimum atomic E-state index is -1.13. The molecule has 0 unspecified atom stereocenters. The van der Waals surface area contributed by atoms with Crippen LogP contribution in [0.5, 0.6) is 11.5 Å². The average molecular weight is 784 g/mol. The van der Waals surface area contributed by atoms with Gasteiger partial charge >= 0.3 is 11.9 Å². The highest BCUT2D eigenvalue weighted by Gasteiger charge is 2.54. The number of oxime groups is 1. The second kappa shape index (κ2) is 17.6. The van der Waals surface area contributed by atoms with E-state index < -0.39 is 41.0 Å². The lowest BCUT2D eigenvalue weighted by atomic mass is 9.89. The van der Waals surface area contributed by atoms with E-state index in [0.29, 0.717) is 27.8 Å². The predicted octanol–water partition coefficient (Wildman–Crippen LogP) is 6.46. The smallest absolute Gasteiger partial charge is 0.355 e. The molecular weight excluding hydrogens is 742 g/mol. The summed E-state index contributed by atoms with van der Waals surface area (Å²) in [6.07, 6.45) is -1.10. The highest BCUT2D eigenvalue weighted by molar-refractivity contribution is 8.00. The summed E-state index contributed by atoms with van der Waals surface area (Å²) in [5.74, 6) is -1.19. The number of rotatable bonds is 16. The highest BCUT2D eigenvalue weighted by atomic mass is 35.5. The molecule has 0 N–H and O–H groups in total. The molecule has 0 radical (unpaired) electrons. The molecule has 1 amide bonds. The monoisotopic (exact) mass is 783 g/mol. The number of aromatic nitrogens is 1. The predicted molar refractivity (Wildman–Crippen MR) is 202 cm³/mol. The van der Waals surface area contributed by atoms with Gasteiger partial charge < -0.3 is 23.8 Å². The Morgan fingerprint density at radius 2 is 1.58 bits per heavy atom. The Balaban J connectivity index is 1.30. The van der Waals surface area contributed by atoms with E-state index in [4.69, 9.17) is 35.4 Å². The molecule has 15 heteroatoms. The normalized spacial score (nSPS) is 17.8. The summed E-state index contributed by atoms with van der Waals surface area (Å²) >= 11 is 8.96. The van der Waals surface area contributed by atoms with Crippen molar-refractivity contribution in [3.05, 3.63) is 87.0 Å². The molecule has 1 aromatic heterocycles. The van der Waals surface area contributed by atoms with Crippen LogP contribution in [0.15, 0.2) is 70.3 Å². The van der Waals surface area contributed by atoms with Crippen molar-refractivity contribution in [3.8, 4) is 11.5 Å². The Morgan fingerprint density at radius 3 is 2.11 bits per heavy atom. The fourth-order valence-electron chi connectivity index (χ4n) is 5.66. The third-order valence-corrected chi connectivity index (χ3v) is 10.9. The van der Waals surface area contributed by atoms with Crippen molar-refractivity contribution in [1.29, 1.82) is 0 Å². The van der Waals surface area contributed by atoms with Gasteiger partial charge in [0.05, 0.1) is 30.5 Å². The topological polar surface area (TPSA) is 143 Å². The number of carbonyl (C=O) groups excluding carboxylic acids is 4. The first kappa shape index (κ1) is 39.8. The van der Waals surface area contributed by atoms with Crippen LogP contribution in [0.2, 0.25) is 0 Å². The quantitative estimate of drug-likeness (QED) is 0.0519. The molecule has 12 nitrogen and oxygen atoms in total. The lowest BCUT2D eigenvalue weighted by Crippen LogP contribution is -2.62. The number of ketones is 1. The molecule has 3 atom stereocenters. The van der Waals surface area contributed by atoms with Crippen molar-refractivity contribution in [3.63, 3.8) is 0 Å². The SMILES string of the molecule is COc1ccc(COC(=O)C2=C(CCl)CS[C@@H]3[C@H](CC(=O)/C(=N\O[C@@H](CC(C)(C)C)C(=O)OCc4ccc(OC)cc4)c4csc(C)n4)C(=O)N23)cc1. The Morgan fingerprint density at radius 1 is 0.981 bits per heavy atom. The van der Waals surface area contributed by atoms with Crippen LogP contribution in [0.3, 0.4) is 0 Å². The fraction of sp³-hybridized carbons (Fsp3) is 0.421. The third kappa shape index (κ3) is 9.98. The fourth-order valence-corrected chi connectivity index (χ4v) is 8.01. The number of aryl methyl sites for hydroxylation is 1. The largest absolute Gasteiger partial charge is 0.497 e. The van der Waals surface area contributed by atoms with Gasteiger partial charge in [0.2, 0.25) is 12.0 Å². The molecule has 3 heterocycles. The highest BCUT2D eigenvalue weighted by Crippen LogP contribution is 2.46. The molecular formula is C38H42ClN3O9S2. The van der Waals surface area contributed by atoms with Gasteiger partial charge in [0.1, 0.15) is 36.1 Å². The number of fused-ring (bicyclic) bond motifs is 1. The standard InChI is InChI=1S/C38H42ClN3O9S2/c1-22-40-29(21-52-22)32(41-51-31(16-38(2,3)4)36(45)49-18-23-7-11-26(47-5)12-8-23)30(43)15-28-34(44)42-33(25(17-39)20-53-35(28)42)37(46)50-19-24-9-13-27(48-6)14-10-24/h7-14,21,28,31,35H,15-20H2,1-6H3/b41-32-/t28-,31+,35-/m1/s1. The molecule has 0 spiro atoms. The number of methoxy groups -OCH3 is 2. The Labute approximate surface area is 321 Å². The van der Waals surface area contributed by atoms with Gasteiger partial charge in [0.25, 0.3) is 0 Å². The van der Waals surface area contributed by atoms with Crippen molar-refractivity contribution in [1.82, 2.24) is 9.88 Å². The minimum Gasteiger partial charge on any atom is -0.497 e. The number of ether oxygens (including phenoxy) is 4. The van der Waals surface area contributed by atoms with E-state index in [1.54, 1.807) is 75.1 Å². The summed E-state index contributed by atoms with van der Waals surface area (Å²) < 4.78 is 21.6. The lowest BCUT2D eigenvalue weighted by molar-refractivity contribution is -0.160. The van der Waals surface area contributed by atoms with Crippen molar-refractivity contribution >= 4 is 64.0 Å². The van der Waals surface area contributed by atoms with Crippen LogP contribution in [0.25, 0.3) is 0 Å². The van der Waals surface area contributed by atoms with Crippen LogP contribution in [0.1, 0.15) is 55.4 Å². The molecule has 2 aliphatic heterocycles. The zero-order chi connectivity index (χ0) is 38.3. The van der Waals surface area contributed by atoms with E-state index in [9.17, 15) is 19.2 Å². The number of β-lactam (4-membered cyclic amide) rings is 1. The van der Waals surface area contributed by atoms with E-state index in [1.165, 1.54) is 28.0 Å². The number of thioether (sulfide) groups is 1. The molecule has 0 bridgehead atoms. The summed E-state index contributed by atoms with van der Waals surface area (Å²) in [7, 11) is 3.13. The number of amides is 1. The maximum atomic E-state index is 14.0. The first-order valence-corrected chi connectivity index (χ1v) is 19.3. The summed E-state index contributed by atoms with van der Waals surface area (Å²) in [4.78, 5) is 65.9. The van der Waals surface area contributed by atoms with Crippen LogP contribution >= 0.6 is 34.7 Å². The Kier molecular flexibility index (Phi) is 13.2. The number of Topliss-reactive ketones (excluding diaryl/α,β-unsaturated/α-hetero) is 1. The summed E-state index contributed by atoms with van der Waals surface area (Å²) in [6.45, 7) is 7.62. The molecule has 1 saturated heterocycles. The number of thiazole rings is 1. The number of hydrogen-bond donors (Lipinski definition) is 0. The zero-order valence-corrected chi connectivity index (χ0v) is 32.8. The number of alkyl halides is 1. The van der Waals surface area contributed by atoms with E-state index in [-0.39, 0.29) is 54.5 Å². The molecule has 5 rings (SSSR count). The van der Waals surface area contributed by atoms with Crippen LogP contribution in [0, 0.1) is 18.3 Å². The number of esters is 2. The molecule has 53 heavy (non-hydrogen) atoms. The van der Waals surface area contributed by atoms with E-state index in [1.807, 2.05) is 20.8 Å². The molecule has 282 valence electrons. The van der Waals surface area contributed by atoms with E-state index in [2.05, 4.69) is 10.1 Å². The van der Waals surface area contributed by atoms with Gasteiger partial charge in [-0.05, 0) is 53.3 Å². The Bertz CT molecular complexity index is 1870. The Hall–Kier alpha value is -4.40. The maximum Gasteiger partial charge on any atom is 0.355 e. The first-order chi connectivity index (χ1) is 25.3. The summed E-state index contributed by atoms with van der Waals surface area (Å²) in [5.41, 5.74) is 1.98. The van der Waals surface area contributed by atoms with Crippen LogP contribution < -0.4 is 9.47 Å². The second-order valence-corrected chi connectivity index (χ2v) is 16.1. The molecule has 0 aliphatic carbocycles. The van der Waals surface area contributed by atoms with Gasteiger partial charge in [-0.1, -0.05) is 50.2 Å².